The number of ether oxygens (including phenoxy) is 2. The molecule has 1 N–H and O–H groups in total. The van der Waals surface area contributed by atoms with Gasteiger partial charge in [0, 0.05) is 16.5 Å². The maximum absolute atomic E-state index is 12.5. The molecular weight excluding hydrogens is 428 g/mol. The smallest absolute Gasteiger partial charge is 0.306 e. The number of hydrogen-bond donors (Lipinski definition) is 1. The Labute approximate surface area is 189 Å². The highest BCUT2D eigenvalue weighted by atomic mass is 32.2. The van der Waals surface area contributed by atoms with E-state index in [1.54, 1.807) is 0 Å². The molecule has 0 saturated carbocycles. The first-order valence-corrected chi connectivity index (χ1v) is 11.1. The number of carbonyl (C=O) groups is 1. The number of methoxy groups -OCH3 is 1. The average molecular weight is 451 g/mol. The van der Waals surface area contributed by atoms with Crippen LogP contribution in [0.3, 0.4) is 0 Å². The van der Waals surface area contributed by atoms with E-state index in [4.69, 9.17) is 13.9 Å². The molecule has 7 heteroatoms. The molecule has 32 heavy (non-hydrogen) atoms. The van der Waals surface area contributed by atoms with E-state index in [0.29, 0.717) is 17.1 Å². The molecule has 4 rings (SSSR count). The molecule has 0 aliphatic carbocycles. The Kier molecular flexibility index (Phi) is 6.66. The number of carbonyl (C=O) groups excluding carboxylic acids is 1. The predicted octanol–water partition coefficient (Wildman–Crippen LogP) is 4.76. The fourth-order valence-corrected chi connectivity index (χ4v) is 4.31. The molecule has 2 aromatic carbocycles. The molecule has 0 fully saturated rings. The molecule has 0 unspecified atom stereocenters. The summed E-state index contributed by atoms with van der Waals surface area (Å²) in [6.07, 6.45) is 1.80. The fourth-order valence-electron chi connectivity index (χ4n) is 3.51. The topological polar surface area (TPSA) is 86.0 Å². The van der Waals surface area contributed by atoms with E-state index < -0.39 is 23.1 Å². The molecule has 1 aliphatic rings. The number of fused-ring (bicyclic) bond motifs is 1. The van der Waals surface area contributed by atoms with E-state index in [9.17, 15) is 14.7 Å². The van der Waals surface area contributed by atoms with Crippen molar-refractivity contribution in [2.24, 2.45) is 0 Å². The van der Waals surface area contributed by atoms with Gasteiger partial charge in [0.2, 0.25) is 11.2 Å². The first-order valence-electron chi connectivity index (χ1n) is 10.1. The van der Waals surface area contributed by atoms with E-state index in [1.165, 1.54) is 24.9 Å². The number of aromatic hydroxyl groups is 1. The largest absolute Gasteiger partial charge is 0.502 e. The number of para-hydroxylation sites is 1. The summed E-state index contributed by atoms with van der Waals surface area (Å²) in [6, 6.07) is 18.5. The molecule has 164 valence electrons. The van der Waals surface area contributed by atoms with Crippen molar-refractivity contribution in [3.8, 4) is 11.5 Å². The van der Waals surface area contributed by atoms with Gasteiger partial charge < -0.3 is 19.0 Å². The van der Waals surface area contributed by atoms with Crippen molar-refractivity contribution in [3.63, 3.8) is 0 Å². The van der Waals surface area contributed by atoms with Crippen molar-refractivity contribution in [2.75, 3.05) is 13.7 Å². The van der Waals surface area contributed by atoms with Crippen LogP contribution in [0, 0.1) is 0 Å². The summed E-state index contributed by atoms with van der Waals surface area (Å²) >= 11 is 1.51. The summed E-state index contributed by atoms with van der Waals surface area (Å²) in [4.78, 5) is 25.7. The van der Waals surface area contributed by atoms with Crippen LogP contribution in [0.15, 0.2) is 80.3 Å². The summed E-state index contributed by atoms with van der Waals surface area (Å²) in [5.41, 5.74) is 1.00. The lowest BCUT2D eigenvalue weighted by Crippen LogP contribution is -2.19. The second-order valence-corrected chi connectivity index (χ2v) is 8.32. The normalized spacial score (nSPS) is 13.5. The maximum atomic E-state index is 12.5. The van der Waals surface area contributed by atoms with Crippen molar-refractivity contribution in [1.29, 1.82) is 0 Å². The van der Waals surface area contributed by atoms with Gasteiger partial charge in [0.1, 0.15) is 18.1 Å². The summed E-state index contributed by atoms with van der Waals surface area (Å²) in [5.74, 6) is -0.120. The molecule has 1 aliphatic heterocycles. The van der Waals surface area contributed by atoms with Gasteiger partial charge in [-0.05, 0) is 29.8 Å². The Morgan fingerprint density at radius 3 is 2.69 bits per heavy atom. The highest BCUT2D eigenvalue weighted by Gasteiger charge is 2.30. The van der Waals surface area contributed by atoms with Gasteiger partial charge in [0.15, 0.2) is 5.76 Å². The average Bonchev–Trinajstić information content (AvgIpc) is 2.83. The molecule has 2 heterocycles. The number of rotatable bonds is 7. The van der Waals surface area contributed by atoms with E-state index in [0.717, 1.165) is 16.2 Å². The SMILES string of the molecule is COC(=O)C[C@H](C1=Cc2ccccc2OC1)c1oc(CSc2ccccc2)cc(=O)c1O. The van der Waals surface area contributed by atoms with Crippen LogP contribution in [-0.4, -0.2) is 24.8 Å². The van der Waals surface area contributed by atoms with Crippen molar-refractivity contribution in [2.45, 2.75) is 23.0 Å². The zero-order valence-corrected chi connectivity index (χ0v) is 18.3. The lowest BCUT2D eigenvalue weighted by molar-refractivity contribution is -0.141. The number of hydrogen-bond acceptors (Lipinski definition) is 7. The van der Waals surface area contributed by atoms with Crippen LogP contribution in [0.1, 0.15) is 29.4 Å². The highest BCUT2D eigenvalue weighted by molar-refractivity contribution is 7.98. The van der Waals surface area contributed by atoms with Crippen LogP contribution in [0.5, 0.6) is 11.5 Å². The quantitative estimate of drug-likeness (QED) is 0.410. The van der Waals surface area contributed by atoms with E-state index >= 15 is 0 Å². The number of esters is 1. The van der Waals surface area contributed by atoms with Crippen LogP contribution >= 0.6 is 11.8 Å². The van der Waals surface area contributed by atoms with Gasteiger partial charge in [-0.25, -0.2) is 0 Å². The highest BCUT2D eigenvalue weighted by Crippen LogP contribution is 2.38. The monoisotopic (exact) mass is 450 g/mol. The van der Waals surface area contributed by atoms with Gasteiger partial charge >= 0.3 is 5.97 Å². The second kappa shape index (κ2) is 9.78. The minimum absolute atomic E-state index is 0.0424. The zero-order valence-electron chi connectivity index (χ0n) is 17.4. The third kappa shape index (κ3) is 4.89. The van der Waals surface area contributed by atoms with Gasteiger partial charge in [-0.1, -0.05) is 36.4 Å². The van der Waals surface area contributed by atoms with Crippen LogP contribution in [-0.2, 0) is 15.3 Å². The summed E-state index contributed by atoms with van der Waals surface area (Å²) < 4.78 is 16.7. The van der Waals surface area contributed by atoms with Crippen LogP contribution in [0.2, 0.25) is 0 Å². The lowest BCUT2D eigenvalue weighted by Gasteiger charge is -2.24. The Morgan fingerprint density at radius 1 is 1.16 bits per heavy atom. The van der Waals surface area contributed by atoms with Crippen molar-refractivity contribution in [1.82, 2.24) is 0 Å². The molecule has 3 aromatic rings. The first kappa shape index (κ1) is 21.8. The standard InChI is InChI=1S/C25H22O6S/c1-29-23(27)13-20(17-11-16-7-5-6-10-22(16)30-14-17)25-24(28)21(26)12-18(31-25)15-32-19-8-3-2-4-9-19/h2-12,20,28H,13-15H2,1H3/t20-/m1/s1. The Balaban J connectivity index is 1.70. The van der Waals surface area contributed by atoms with Gasteiger partial charge in [-0.2, -0.15) is 0 Å². The molecule has 0 radical (unpaired) electrons. The number of thioether (sulfide) groups is 1. The van der Waals surface area contributed by atoms with Gasteiger partial charge in [0.25, 0.3) is 0 Å². The van der Waals surface area contributed by atoms with Gasteiger partial charge in [-0.15, -0.1) is 11.8 Å². The third-order valence-electron chi connectivity index (χ3n) is 5.14. The molecule has 1 aromatic heterocycles. The molecule has 0 amide bonds. The molecule has 6 nitrogen and oxygen atoms in total. The molecule has 0 spiro atoms. The van der Waals surface area contributed by atoms with Crippen molar-refractivity contribution >= 4 is 23.8 Å². The Hall–Kier alpha value is -3.45. The molecule has 1 atom stereocenters. The lowest BCUT2D eigenvalue weighted by atomic mass is 9.89. The zero-order chi connectivity index (χ0) is 22.5. The van der Waals surface area contributed by atoms with Gasteiger partial charge in [-0.3, -0.25) is 9.59 Å². The molecule has 0 saturated heterocycles. The second-order valence-electron chi connectivity index (χ2n) is 7.27. The van der Waals surface area contributed by atoms with Crippen LogP contribution in [0.4, 0.5) is 0 Å². The Morgan fingerprint density at radius 2 is 1.91 bits per heavy atom. The molecular formula is C25H22O6S. The Bertz CT molecular complexity index is 1200. The summed E-state index contributed by atoms with van der Waals surface area (Å²) in [6.45, 7) is 0.199. The maximum Gasteiger partial charge on any atom is 0.306 e. The minimum Gasteiger partial charge on any atom is -0.502 e. The first-order chi connectivity index (χ1) is 15.5. The van der Waals surface area contributed by atoms with Crippen LogP contribution < -0.4 is 10.2 Å². The minimum atomic E-state index is -0.704. The molecule has 0 bridgehead atoms. The van der Waals surface area contributed by atoms with E-state index in [2.05, 4.69) is 0 Å². The van der Waals surface area contributed by atoms with Crippen molar-refractivity contribution in [3.05, 3.63) is 93.5 Å². The predicted molar refractivity (Wildman–Crippen MR) is 122 cm³/mol. The van der Waals surface area contributed by atoms with E-state index in [-0.39, 0.29) is 18.8 Å². The third-order valence-corrected chi connectivity index (χ3v) is 6.18. The summed E-state index contributed by atoms with van der Waals surface area (Å²) in [5, 5.41) is 10.6. The number of benzene rings is 2. The van der Waals surface area contributed by atoms with Gasteiger partial charge in [0.05, 0.1) is 25.2 Å². The van der Waals surface area contributed by atoms with Crippen LogP contribution in [0.25, 0.3) is 6.08 Å². The summed E-state index contributed by atoms with van der Waals surface area (Å²) in [7, 11) is 1.30. The van der Waals surface area contributed by atoms with E-state index in [1.807, 2.05) is 60.7 Å². The van der Waals surface area contributed by atoms with Crippen molar-refractivity contribution < 1.29 is 23.8 Å². The fraction of sp³-hybridized carbons (Fsp3) is 0.200.